The number of methoxy groups -OCH3 is 1. The average molecular weight is 562 g/mol. The fraction of sp³-hybridized carbons (Fsp3) is 0.346. The molecule has 1 amide bonds. The van der Waals surface area contributed by atoms with Gasteiger partial charge in [-0.2, -0.15) is 18.3 Å². The third-order valence-electron chi connectivity index (χ3n) is 6.70. The molecule has 0 spiro atoms. The van der Waals surface area contributed by atoms with Crippen LogP contribution in [0, 0.1) is 0 Å². The second-order valence-corrected chi connectivity index (χ2v) is 11.0. The first-order valence-electron chi connectivity index (χ1n) is 12.3. The van der Waals surface area contributed by atoms with Gasteiger partial charge in [0.25, 0.3) is 15.9 Å². The topological polar surface area (TPSA) is 97.1 Å². The van der Waals surface area contributed by atoms with E-state index in [9.17, 15) is 26.4 Å². The number of amidine groups is 1. The molecule has 0 bridgehead atoms. The summed E-state index contributed by atoms with van der Waals surface area (Å²) < 4.78 is 75.6. The molecule has 2 aliphatic heterocycles. The summed E-state index contributed by atoms with van der Waals surface area (Å²) in [6, 6.07) is 12.9. The molecule has 1 aromatic heterocycles. The van der Waals surface area contributed by atoms with Gasteiger partial charge in [-0.05, 0) is 67.8 Å². The number of halogens is 3. The van der Waals surface area contributed by atoms with Crippen LogP contribution in [-0.4, -0.2) is 67.8 Å². The van der Waals surface area contributed by atoms with Crippen molar-refractivity contribution < 1.29 is 31.1 Å². The molecule has 0 radical (unpaired) electrons. The van der Waals surface area contributed by atoms with Crippen molar-refractivity contribution in [1.82, 2.24) is 14.7 Å². The number of carbonyl (C=O) groups is 1. The van der Waals surface area contributed by atoms with E-state index < -0.39 is 27.8 Å². The van der Waals surface area contributed by atoms with Crippen LogP contribution in [0.5, 0.6) is 5.75 Å². The Labute approximate surface area is 223 Å². The predicted octanol–water partition coefficient (Wildman–Crippen LogP) is 3.90. The number of benzene rings is 2. The Kier molecular flexibility index (Phi) is 6.87. The number of hydrogen-bond donors (Lipinski definition) is 0. The van der Waals surface area contributed by atoms with Crippen LogP contribution in [0.15, 0.2) is 52.9 Å². The molecular weight excluding hydrogens is 535 g/mol. The van der Waals surface area contributed by atoms with Gasteiger partial charge in [0.15, 0.2) is 5.69 Å². The minimum atomic E-state index is -4.73. The molecule has 2 aliphatic rings. The summed E-state index contributed by atoms with van der Waals surface area (Å²) >= 11 is 0. The molecule has 9 nitrogen and oxygen atoms in total. The number of amides is 1. The molecule has 1 fully saturated rings. The third-order valence-corrected chi connectivity index (χ3v) is 7.20. The van der Waals surface area contributed by atoms with Crippen molar-refractivity contribution in [2.45, 2.75) is 25.4 Å². The molecule has 5 rings (SSSR count). The first kappa shape index (κ1) is 26.7. The van der Waals surface area contributed by atoms with Gasteiger partial charge >= 0.3 is 6.18 Å². The van der Waals surface area contributed by atoms with Crippen LogP contribution in [0.2, 0.25) is 0 Å². The number of nitrogens with zero attached hydrogens (tertiary/aromatic N) is 5. The maximum absolute atomic E-state index is 13.9. The molecule has 0 aliphatic carbocycles. The first-order valence-corrected chi connectivity index (χ1v) is 14.1. The van der Waals surface area contributed by atoms with Gasteiger partial charge in [-0.15, -0.1) is 4.40 Å². The highest BCUT2D eigenvalue weighted by atomic mass is 32.2. The Bertz CT molecular complexity index is 1530. The summed E-state index contributed by atoms with van der Waals surface area (Å²) in [6.07, 6.45) is -1.89. The largest absolute Gasteiger partial charge is 0.497 e. The molecule has 3 heterocycles. The van der Waals surface area contributed by atoms with Crippen LogP contribution in [0.1, 0.15) is 40.2 Å². The summed E-state index contributed by atoms with van der Waals surface area (Å²) in [5, 5.41) is 3.81. The van der Waals surface area contributed by atoms with Gasteiger partial charge in [-0.1, -0.05) is 0 Å². The standard InChI is InChI=1S/C26H26F3N5O4S/c1-38-20-11-9-19(10-12-20)34-22-21(23(30-34)26(27,28)29)13-16-33(25(22)35)18-7-5-17(6-8-18)24(31-39(2,36)37)32-14-3-4-15-32/h5-12H,3-4,13-16H2,1-2H3. The number of fused-ring (bicyclic) bond motifs is 1. The van der Waals surface area contributed by atoms with E-state index in [-0.39, 0.29) is 24.2 Å². The minimum absolute atomic E-state index is 0.0268. The molecule has 0 saturated carbocycles. The zero-order valence-corrected chi connectivity index (χ0v) is 22.1. The van der Waals surface area contributed by atoms with Crippen LogP contribution in [-0.2, 0) is 22.6 Å². The summed E-state index contributed by atoms with van der Waals surface area (Å²) in [6.45, 7) is 1.39. The summed E-state index contributed by atoms with van der Waals surface area (Å²) in [4.78, 5) is 17.0. The number of likely N-dealkylation sites (tertiary alicyclic amines) is 1. The highest BCUT2D eigenvalue weighted by Gasteiger charge is 2.43. The molecule has 2 aromatic carbocycles. The molecule has 0 atom stereocenters. The van der Waals surface area contributed by atoms with Crippen molar-refractivity contribution in [3.05, 3.63) is 71.0 Å². The lowest BCUT2D eigenvalue weighted by atomic mass is 10.0. The van der Waals surface area contributed by atoms with Crippen molar-refractivity contribution >= 4 is 27.5 Å². The lowest BCUT2D eigenvalue weighted by molar-refractivity contribution is -0.141. The zero-order valence-electron chi connectivity index (χ0n) is 21.3. The summed E-state index contributed by atoms with van der Waals surface area (Å²) in [5.41, 5.74) is -0.0549. The second-order valence-electron chi connectivity index (χ2n) is 9.38. The Morgan fingerprint density at radius 3 is 2.15 bits per heavy atom. The van der Waals surface area contributed by atoms with Gasteiger partial charge in [0.2, 0.25) is 0 Å². The van der Waals surface area contributed by atoms with Crippen molar-refractivity contribution in [3.8, 4) is 11.4 Å². The Morgan fingerprint density at radius 1 is 0.974 bits per heavy atom. The van der Waals surface area contributed by atoms with Gasteiger partial charge in [0.1, 0.15) is 17.3 Å². The number of aromatic nitrogens is 2. The quantitative estimate of drug-likeness (QED) is 0.346. The highest BCUT2D eigenvalue weighted by molar-refractivity contribution is 7.89. The maximum Gasteiger partial charge on any atom is 0.435 e. The number of rotatable bonds is 5. The maximum atomic E-state index is 13.9. The minimum Gasteiger partial charge on any atom is -0.497 e. The molecular formula is C26H26F3N5O4S. The molecule has 206 valence electrons. The van der Waals surface area contributed by atoms with Crippen LogP contribution in [0.25, 0.3) is 5.69 Å². The molecule has 3 aromatic rings. The zero-order chi connectivity index (χ0) is 27.9. The van der Waals surface area contributed by atoms with E-state index in [0.29, 0.717) is 41.6 Å². The SMILES string of the molecule is COc1ccc(-n2nc(C(F)(F)F)c3c2C(=O)N(c2ccc(C(=NS(C)(=O)=O)N4CCCC4)cc2)CC3)cc1. The van der Waals surface area contributed by atoms with Gasteiger partial charge in [-0.25, -0.2) is 13.1 Å². The fourth-order valence-corrected chi connectivity index (χ4v) is 5.45. The van der Waals surface area contributed by atoms with Crippen molar-refractivity contribution in [2.75, 3.05) is 37.9 Å². The molecule has 0 N–H and O–H groups in total. The predicted molar refractivity (Wildman–Crippen MR) is 139 cm³/mol. The van der Waals surface area contributed by atoms with E-state index in [1.54, 1.807) is 36.4 Å². The first-order chi connectivity index (χ1) is 18.5. The van der Waals surface area contributed by atoms with Gasteiger partial charge in [0, 0.05) is 36.4 Å². The number of hydrogen-bond acceptors (Lipinski definition) is 5. The van der Waals surface area contributed by atoms with Crippen LogP contribution in [0.4, 0.5) is 18.9 Å². The molecule has 39 heavy (non-hydrogen) atoms. The number of sulfonamides is 1. The van der Waals surface area contributed by atoms with E-state index in [0.717, 1.165) is 23.8 Å². The van der Waals surface area contributed by atoms with Gasteiger partial charge < -0.3 is 14.5 Å². The smallest absolute Gasteiger partial charge is 0.435 e. The lowest BCUT2D eigenvalue weighted by Crippen LogP contribution is -2.39. The fourth-order valence-electron chi connectivity index (χ4n) is 4.91. The Morgan fingerprint density at radius 2 is 1.59 bits per heavy atom. The van der Waals surface area contributed by atoms with E-state index in [1.807, 2.05) is 4.90 Å². The van der Waals surface area contributed by atoms with Crippen LogP contribution in [0.3, 0.4) is 0 Å². The summed E-state index contributed by atoms with van der Waals surface area (Å²) in [5.74, 6) is 0.227. The Hall–Kier alpha value is -3.87. The van der Waals surface area contributed by atoms with E-state index in [1.165, 1.54) is 24.1 Å². The molecule has 1 saturated heterocycles. The third kappa shape index (κ3) is 5.35. The van der Waals surface area contributed by atoms with E-state index in [4.69, 9.17) is 4.74 Å². The highest BCUT2D eigenvalue weighted by Crippen LogP contribution is 2.37. The van der Waals surface area contributed by atoms with Gasteiger partial charge in [0.05, 0.1) is 19.1 Å². The van der Waals surface area contributed by atoms with E-state index in [2.05, 4.69) is 9.50 Å². The lowest BCUT2D eigenvalue weighted by Gasteiger charge is -2.28. The molecule has 13 heteroatoms. The van der Waals surface area contributed by atoms with Crippen LogP contribution < -0.4 is 9.64 Å². The number of ether oxygens (including phenoxy) is 1. The monoisotopic (exact) mass is 561 g/mol. The Balaban J connectivity index is 1.51. The average Bonchev–Trinajstić information content (AvgIpc) is 3.56. The van der Waals surface area contributed by atoms with Crippen molar-refractivity contribution in [1.29, 1.82) is 0 Å². The number of carbonyl (C=O) groups excluding carboxylic acids is 1. The van der Waals surface area contributed by atoms with Crippen LogP contribution >= 0.6 is 0 Å². The normalized spacial score (nSPS) is 16.5. The second kappa shape index (κ2) is 10.0. The van der Waals surface area contributed by atoms with Crippen molar-refractivity contribution in [2.24, 2.45) is 4.40 Å². The number of alkyl halides is 3. The van der Waals surface area contributed by atoms with Gasteiger partial charge in [-0.3, -0.25) is 4.79 Å². The molecule has 0 unspecified atom stereocenters. The van der Waals surface area contributed by atoms with E-state index >= 15 is 0 Å². The summed E-state index contributed by atoms with van der Waals surface area (Å²) in [7, 11) is -2.18. The van der Waals surface area contributed by atoms with Crippen molar-refractivity contribution in [3.63, 3.8) is 0 Å². The number of anilines is 1.